The molecular formula is C98H60N6O2. The second-order valence-corrected chi connectivity index (χ2v) is 27.4. The summed E-state index contributed by atoms with van der Waals surface area (Å²) in [6.45, 7) is 0. The molecule has 106 heavy (non-hydrogen) atoms. The van der Waals surface area contributed by atoms with Crippen LogP contribution >= 0.6 is 0 Å². The molecule has 8 nitrogen and oxygen atoms in total. The molecule has 494 valence electrons. The van der Waals surface area contributed by atoms with Gasteiger partial charge in [-0.2, -0.15) is 0 Å². The van der Waals surface area contributed by atoms with Crippen LogP contribution in [0.3, 0.4) is 0 Å². The molecule has 17 aromatic rings. The van der Waals surface area contributed by atoms with Gasteiger partial charge in [-0.05, 0) is 96.1 Å². The van der Waals surface area contributed by atoms with E-state index in [0.717, 1.165) is 134 Å². The molecule has 0 bridgehead atoms. The summed E-state index contributed by atoms with van der Waals surface area (Å²) in [5.74, 6) is 6.81. The number of fused-ring (bicyclic) bond motifs is 18. The van der Waals surface area contributed by atoms with Crippen LogP contribution in [0.1, 0.15) is 44.5 Å². The van der Waals surface area contributed by atoms with Crippen molar-refractivity contribution in [2.24, 2.45) is 0 Å². The predicted octanol–water partition coefficient (Wildman–Crippen LogP) is 23.7. The van der Waals surface area contributed by atoms with Gasteiger partial charge in [0.1, 0.15) is 23.0 Å². The van der Waals surface area contributed by atoms with Crippen molar-refractivity contribution in [3.05, 3.63) is 408 Å². The lowest BCUT2D eigenvalue weighted by Crippen LogP contribution is -2.32. The van der Waals surface area contributed by atoms with Crippen molar-refractivity contribution in [1.82, 2.24) is 29.9 Å². The molecule has 4 heterocycles. The summed E-state index contributed by atoms with van der Waals surface area (Å²) in [6.07, 6.45) is 0. The van der Waals surface area contributed by atoms with Gasteiger partial charge in [-0.25, -0.2) is 29.9 Å². The highest BCUT2D eigenvalue weighted by molar-refractivity contribution is 5.98. The average Bonchev–Trinajstić information content (AvgIpc) is 1.49. The summed E-state index contributed by atoms with van der Waals surface area (Å²) in [7, 11) is 0. The largest absolute Gasteiger partial charge is 0.456 e. The lowest BCUT2D eigenvalue weighted by molar-refractivity contribution is 0.438. The van der Waals surface area contributed by atoms with Crippen molar-refractivity contribution >= 4 is 0 Å². The Labute approximate surface area is 613 Å². The number of hydrogen-bond donors (Lipinski definition) is 0. The quantitative estimate of drug-likeness (QED) is 0.134. The van der Waals surface area contributed by atoms with E-state index in [1.165, 1.54) is 33.4 Å². The summed E-state index contributed by atoms with van der Waals surface area (Å²) in [5, 5.41) is 0. The van der Waals surface area contributed by atoms with Gasteiger partial charge in [-0.15, -0.1) is 0 Å². The first-order chi connectivity index (χ1) is 52.5. The lowest BCUT2D eigenvalue weighted by Gasteiger charge is -2.40. The summed E-state index contributed by atoms with van der Waals surface area (Å²) in [4.78, 5) is 31.4. The first-order valence-corrected chi connectivity index (χ1v) is 35.9. The Bertz CT molecular complexity index is 6350. The van der Waals surface area contributed by atoms with E-state index in [1.54, 1.807) is 0 Å². The fraction of sp³-hybridized carbons (Fsp3) is 0.0204. The van der Waals surface area contributed by atoms with Crippen molar-refractivity contribution in [2.75, 3.05) is 0 Å². The molecule has 2 spiro atoms. The summed E-state index contributed by atoms with van der Waals surface area (Å²) >= 11 is 0. The third kappa shape index (κ3) is 9.34. The van der Waals surface area contributed by atoms with Gasteiger partial charge in [0.05, 0.1) is 10.8 Å². The Morgan fingerprint density at radius 2 is 0.462 bits per heavy atom. The number of nitrogens with zero attached hydrogens (tertiary/aromatic N) is 6. The molecule has 8 heteroatoms. The zero-order valence-corrected chi connectivity index (χ0v) is 57.1. The molecule has 2 aromatic heterocycles. The van der Waals surface area contributed by atoms with Crippen LogP contribution in [0.4, 0.5) is 0 Å². The molecule has 0 saturated carbocycles. The van der Waals surface area contributed by atoms with Gasteiger partial charge >= 0.3 is 0 Å². The molecule has 0 radical (unpaired) electrons. The third-order valence-corrected chi connectivity index (χ3v) is 21.8. The molecule has 2 aliphatic carbocycles. The molecule has 1 atom stereocenters. The molecule has 0 N–H and O–H groups in total. The molecule has 4 aliphatic rings. The van der Waals surface area contributed by atoms with Crippen LogP contribution in [0.2, 0.25) is 0 Å². The highest BCUT2D eigenvalue weighted by Crippen LogP contribution is 2.66. The van der Waals surface area contributed by atoms with E-state index < -0.39 is 10.8 Å². The van der Waals surface area contributed by atoms with E-state index >= 15 is 0 Å². The first kappa shape index (κ1) is 60.7. The summed E-state index contributed by atoms with van der Waals surface area (Å²) < 4.78 is 14.4. The average molecular weight is 1350 g/mol. The maximum Gasteiger partial charge on any atom is 0.164 e. The fourth-order valence-electron chi connectivity index (χ4n) is 17.2. The molecular weight excluding hydrogens is 1290 g/mol. The molecule has 2 aliphatic heterocycles. The monoisotopic (exact) mass is 1350 g/mol. The maximum atomic E-state index is 7.27. The summed E-state index contributed by atoms with van der Waals surface area (Å²) in [6, 6.07) is 129. The van der Waals surface area contributed by atoms with E-state index in [2.05, 4.69) is 303 Å². The molecule has 1 unspecified atom stereocenters. The van der Waals surface area contributed by atoms with Crippen LogP contribution in [-0.2, 0) is 10.8 Å². The second-order valence-electron chi connectivity index (χ2n) is 27.4. The minimum absolute atomic E-state index is 0.568. The molecule has 0 fully saturated rings. The number of aromatic nitrogens is 6. The van der Waals surface area contributed by atoms with Gasteiger partial charge in [0.25, 0.3) is 0 Å². The topological polar surface area (TPSA) is 95.8 Å². The number of rotatable bonds is 10. The van der Waals surface area contributed by atoms with Gasteiger partial charge in [0.15, 0.2) is 34.9 Å². The summed E-state index contributed by atoms with van der Waals surface area (Å²) in [5.41, 5.74) is 26.3. The highest BCUT2D eigenvalue weighted by Gasteiger charge is 2.53. The SMILES string of the molecule is c1ccc(-c2nc(-c3ccc(-c4cccc5c4Oc4ccccc4C54c5ccccc5-c5ccccc54)cc3)nc(-c3cccc(-c4cccc5c4-c4ccccc4C54c5ccccc5Oc5c(-c6ccc(-c7nc(-c8ccccc8)nc(-c8ccccc8-c8ccccc8)n7)cc6)cccc54)c3)n2)cc1. The van der Waals surface area contributed by atoms with Gasteiger partial charge in [0, 0.05) is 66.8 Å². The van der Waals surface area contributed by atoms with E-state index in [4.69, 9.17) is 39.4 Å². The molecule has 21 rings (SSSR count). The highest BCUT2D eigenvalue weighted by atomic mass is 16.5. The van der Waals surface area contributed by atoms with Gasteiger partial charge in [0.2, 0.25) is 0 Å². The molecule has 15 aromatic carbocycles. The van der Waals surface area contributed by atoms with Crippen molar-refractivity contribution in [3.63, 3.8) is 0 Å². The van der Waals surface area contributed by atoms with Gasteiger partial charge in [-0.1, -0.05) is 346 Å². The van der Waals surface area contributed by atoms with E-state index in [0.29, 0.717) is 34.9 Å². The first-order valence-electron chi connectivity index (χ1n) is 35.9. The number of ether oxygens (including phenoxy) is 2. The normalized spacial score (nSPS) is 14.1. The number of para-hydroxylation sites is 4. The zero-order valence-electron chi connectivity index (χ0n) is 57.1. The smallest absolute Gasteiger partial charge is 0.164 e. The van der Waals surface area contributed by atoms with E-state index in [9.17, 15) is 0 Å². The molecule has 0 amide bonds. The lowest BCUT2D eigenvalue weighted by atomic mass is 9.65. The van der Waals surface area contributed by atoms with Crippen molar-refractivity contribution in [3.8, 4) is 158 Å². The Balaban J connectivity index is 0.652. The standard InChI is InChI=1S/C98H60N6O2/c1-4-26-61(27-5-1)70-34-10-11-37-76(70)96-103-92(65-30-8-3-9-31-65)100-94(104-96)67-58-54-63(55-59-67)73-41-25-49-85-90(73)106-87-51-21-19-46-82(87)98(85)80-44-17-14-38-77(80)88-71(39-23-47-83(88)98)68-32-22-33-69(60-68)95-101-91(64-28-6-2-7-29-64)99-93(102-95)66-56-52-62(53-57-66)72-40-24-48-84-89(72)105-86-50-20-18-45-81(86)97(84)78-42-15-12-35-74(78)75-36-13-16-43-79(75)97/h1-60H. The second kappa shape index (κ2) is 24.3. The van der Waals surface area contributed by atoms with Crippen molar-refractivity contribution in [1.29, 1.82) is 0 Å². The van der Waals surface area contributed by atoms with Crippen molar-refractivity contribution in [2.45, 2.75) is 10.8 Å². The van der Waals surface area contributed by atoms with Gasteiger partial charge in [-0.3, -0.25) is 0 Å². The Hall–Kier alpha value is -14.1. The minimum Gasteiger partial charge on any atom is -0.456 e. The predicted molar refractivity (Wildman–Crippen MR) is 422 cm³/mol. The Morgan fingerprint density at radius 3 is 0.962 bits per heavy atom. The zero-order chi connectivity index (χ0) is 69.9. The molecule has 0 saturated heterocycles. The van der Waals surface area contributed by atoms with E-state index in [-0.39, 0.29) is 0 Å². The Morgan fingerprint density at radius 1 is 0.170 bits per heavy atom. The van der Waals surface area contributed by atoms with Crippen LogP contribution in [-0.4, -0.2) is 29.9 Å². The van der Waals surface area contributed by atoms with Crippen LogP contribution in [0.15, 0.2) is 364 Å². The third-order valence-electron chi connectivity index (χ3n) is 21.8. The van der Waals surface area contributed by atoms with Crippen LogP contribution in [0.25, 0.3) is 135 Å². The minimum atomic E-state index is -0.761. The number of hydrogen-bond acceptors (Lipinski definition) is 8. The van der Waals surface area contributed by atoms with Crippen LogP contribution < -0.4 is 9.47 Å². The van der Waals surface area contributed by atoms with Gasteiger partial charge < -0.3 is 9.47 Å². The number of benzene rings is 15. The van der Waals surface area contributed by atoms with Crippen LogP contribution in [0.5, 0.6) is 23.0 Å². The Kier molecular flexibility index (Phi) is 13.9. The fourth-order valence-corrected chi connectivity index (χ4v) is 17.2. The van der Waals surface area contributed by atoms with Crippen LogP contribution in [0, 0.1) is 0 Å². The maximum absolute atomic E-state index is 7.27. The van der Waals surface area contributed by atoms with E-state index in [1.807, 2.05) is 60.7 Å². The van der Waals surface area contributed by atoms with Crippen molar-refractivity contribution < 1.29 is 9.47 Å².